The molecule has 1 atom stereocenters. The molecule has 2 heterocycles. The summed E-state index contributed by atoms with van der Waals surface area (Å²) in [5.41, 5.74) is 18.1. The van der Waals surface area contributed by atoms with E-state index in [0.717, 1.165) is 69.3 Å². The van der Waals surface area contributed by atoms with Crippen molar-refractivity contribution < 1.29 is 4.74 Å². The molecule has 3 heteroatoms. The monoisotopic (exact) mass is 864 g/mol. The zero-order valence-electron chi connectivity index (χ0n) is 38.0. The zero-order chi connectivity index (χ0) is 45.3. The van der Waals surface area contributed by atoms with Gasteiger partial charge in [-0.25, -0.2) is 0 Å². The van der Waals surface area contributed by atoms with Crippen LogP contribution in [0, 0.1) is 0 Å². The van der Waals surface area contributed by atoms with Crippen molar-refractivity contribution in [1.29, 1.82) is 0 Å². The Morgan fingerprint density at radius 1 is 0.627 bits per heavy atom. The first-order chi connectivity index (χ1) is 33.0. The van der Waals surface area contributed by atoms with Crippen LogP contribution >= 0.6 is 0 Å². The summed E-state index contributed by atoms with van der Waals surface area (Å²) in [6.45, 7) is 8.49. The molecule has 0 bridgehead atoms. The number of para-hydroxylation sites is 3. The van der Waals surface area contributed by atoms with Gasteiger partial charge in [-0.1, -0.05) is 177 Å². The number of nitrogens with zero attached hydrogens (tertiary/aromatic N) is 2. The molecule has 2 aliphatic carbocycles. The third kappa shape index (κ3) is 7.24. The topological polar surface area (TPSA) is 15.7 Å². The smallest absolute Gasteiger partial charge is 0.132 e. The largest absolute Gasteiger partial charge is 0.457 e. The standard InChI is InChI=1S/C64H52N2O/c1-4-5-31-60-45(2)22-10-8-11-23-46(3)65(60)50-36-38-51(39-37-50)66(61-32-19-16-28-53(61)48-26-14-9-15-27-48)52-40-42-55-54-41-35-49(47-24-12-6-7-13-25-47)43-58(54)64(59(55)44-52)56-29-17-20-33-62(56)67-63-34-21-18-30-57(63)64/h4-12,14-21,23-44,46H,1,13,22H2,2-3H3/b10-8-,23-11-,31-5-,60-45-. The van der Waals surface area contributed by atoms with Crippen molar-refractivity contribution in [2.75, 3.05) is 9.80 Å². The Hall–Kier alpha value is -8.14. The van der Waals surface area contributed by atoms with Gasteiger partial charge in [-0.3, -0.25) is 0 Å². The Balaban J connectivity index is 1.14. The van der Waals surface area contributed by atoms with E-state index in [1.807, 2.05) is 12.2 Å². The van der Waals surface area contributed by atoms with E-state index < -0.39 is 5.41 Å². The first-order valence-corrected chi connectivity index (χ1v) is 23.4. The highest BCUT2D eigenvalue weighted by molar-refractivity contribution is 5.94. The highest BCUT2D eigenvalue weighted by atomic mass is 16.5. The van der Waals surface area contributed by atoms with Crippen molar-refractivity contribution >= 4 is 28.3 Å². The van der Waals surface area contributed by atoms with E-state index in [9.17, 15) is 0 Å². The molecule has 0 aromatic heterocycles. The number of fused-ring (bicyclic) bond motifs is 9. The number of anilines is 4. The lowest BCUT2D eigenvalue weighted by Crippen LogP contribution is -2.32. The predicted octanol–water partition coefficient (Wildman–Crippen LogP) is 16.9. The lowest BCUT2D eigenvalue weighted by molar-refractivity contribution is 0.436. The molecule has 4 aliphatic rings. The van der Waals surface area contributed by atoms with E-state index in [1.54, 1.807) is 0 Å². The molecule has 3 nitrogen and oxygen atoms in total. The molecule has 0 saturated carbocycles. The zero-order valence-corrected chi connectivity index (χ0v) is 38.0. The Bertz CT molecular complexity index is 3220. The van der Waals surface area contributed by atoms with Crippen molar-refractivity contribution in [2.24, 2.45) is 0 Å². The Morgan fingerprint density at radius 2 is 1.30 bits per heavy atom. The molecule has 0 saturated heterocycles. The van der Waals surface area contributed by atoms with Crippen molar-refractivity contribution in [3.05, 3.63) is 282 Å². The molecule has 1 spiro atoms. The molecule has 0 N–H and O–H groups in total. The second kappa shape index (κ2) is 17.7. The van der Waals surface area contributed by atoms with E-state index >= 15 is 0 Å². The maximum Gasteiger partial charge on any atom is 0.132 e. The molecule has 1 unspecified atom stereocenters. The molecule has 324 valence electrons. The maximum atomic E-state index is 6.80. The van der Waals surface area contributed by atoms with Gasteiger partial charge in [-0.05, 0) is 138 Å². The summed E-state index contributed by atoms with van der Waals surface area (Å²) in [5.74, 6) is 1.75. The van der Waals surface area contributed by atoms with Gasteiger partial charge in [0.1, 0.15) is 11.5 Å². The fraction of sp³-hybridized carbons (Fsp3) is 0.0938. The van der Waals surface area contributed by atoms with Crippen LogP contribution in [0.5, 0.6) is 11.5 Å². The van der Waals surface area contributed by atoms with Crippen molar-refractivity contribution in [2.45, 2.75) is 38.1 Å². The van der Waals surface area contributed by atoms with E-state index in [-0.39, 0.29) is 6.04 Å². The summed E-state index contributed by atoms with van der Waals surface area (Å²) in [6, 6.07) is 60.3. The van der Waals surface area contributed by atoms with Gasteiger partial charge >= 0.3 is 0 Å². The molecule has 0 amide bonds. The van der Waals surface area contributed by atoms with Gasteiger partial charge in [-0.15, -0.1) is 0 Å². The lowest BCUT2D eigenvalue weighted by Gasteiger charge is -2.40. The SMILES string of the molecule is C=C/C=C\C1=C(/C)C/C=C\C=C/C(C)N1c1ccc(N(c2ccc3c(c2)C2(c4ccccc4Oc4ccccc42)c2cc(C4=CCC=CC=C4)ccc2-3)c2ccccc2-c2ccccc2)cc1. The van der Waals surface area contributed by atoms with Crippen LogP contribution in [0.3, 0.4) is 0 Å². The Morgan fingerprint density at radius 3 is 2.07 bits per heavy atom. The van der Waals surface area contributed by atoms with Gasteiger partial charge < -0.3 is 14.5 Å². The third-order valence-electron chi connectivity index (χ3n) is 13.7. The Labute approximate surface area is 395 Å². The summed E-state index contributed by atoms with van der Waals surface area (Å²) in [7, 11) is 0. The van der Waals surface area contributed by atoms with E-state index in [1.165, 1.54) is 44.7 Å². The van der Waals surface area contributed by atoms with Gasteiger partial charge in [0.2, 0.25) is 0 Å². The highest BCUT2D eigenvalue weighted by Crippen LogP contribution is 2.63. The average molecular weight is 865 g/mol. The molecule has 11 rings (SSSR count). The number of hydrogen-bond acceptors (Lipinski definition) is 3. The normalized spacial score (nSPS) is 18.6. The first-order valence-electron chi connectivity index (χ1n) is 23.4. The number of rotatable bonds is 8. The summed E-state index contributed by atoms with van der Waals surface area (Å²) in [5, 5.41) is 0. The van der Waals surface area contributed by atoms with Crippen LogP contribution in [0.1, 0.15) is 54.5 Å². The van der Waals surface area contributed by atoms with Crippen LogP contribution in [-0.2, 0) is 5.41 Å². The number of ether oxygens (including phenoxy) is 1. The van der Waals surface area contributed by atoms with Crippen LogP contribution in [0.2, 0.25) is 0 Å². The van der Waals surface area contributed by atoms with Crippen LogP contribution in [-0.4, -0.2) is 6.04 Å². The summed E-state index contributed by atoms with van der Waals surface area (Å²) in [6.07, 6.45) is 27.7. The van der Waals surface area contributed by atoms with E-state index in [2.05, 4.69) is 255 Å². The highest BCUT2D eigenvalue weighted by Gasteiger charge is 2.51. The molecular formula is C64H52N2O. The third-order valence-corrected chi connectivity index (χ3v) is 13.7. The second-order valence-corrected chi connectivity index (χ2v) is 17.6. The average Bonchev–Trinajstić information content (AvgIpc) is 3.47. The minimum Gasteiger partial charge on any atom is -0.457 e. The van der Waals surface area contributed by atoms with Gasteiger partial charge in [0, 0.05) is 45.5 Å². The van der Waals surface area contributed by atoms with Gasteiger partial charge in [0.05, 0.1) is 11.1 Å². The fourth-order valence-electron chi connectivity index (χ4n) is 10.6. The van der Waals surface area contributed by atoms with Gasteiger partial charge in [-0.2, -0.15) is 0 Å². The number of benzene rings is 7. The molecule has 7 aromatic carbocycles. The van der Waals surface area contributed by atoms with Crippen LogP contribution in [0.25, 0.3) is 27.8 Å². The number of hydrogen-bond donors (Lipinski definition) is 0. The van der Waals surface area contributed by atoms with E-state index in [0.29, 0.717) is 0 Å². The minimum atomic E-state index is -0.661. The molecule has 2 aliphatic heterocycles. The van der Waals surface area contributed by atoms with Crippen LogP contribution in [0.15, 0.2) is 255 Å². The summed E-state index contributed by atoms with van der Waals surface area (Å²) in [4.78, 5) is 4.89. The quantitative estimate of drug-likeness (QED) is 0.142. The first kappa shape index (κ1) is 41.6. The fourth-order valence-corrected chi connectivity index (χ4v) is 10.6. The molecule has 67 heavy (non-hydrogen) atoms. The summed E-state index contributed by atoms with van der Waals surface area (Å²) < 4.78 is 6.80. The molecule has 7 aromatic rings. The summed E-state index contributed by atoms with van der Waals surface area (Å²) >= 11 is 0. The molecule has 0 radical (unpaired) electrons. The minimum absolute atomic E-state index is 0.106. The number of allylic oxidation sites excluding steroid dienone is 13. The van der Waals surface area contributed by atoms with Gasteiger partial charge in [0.15, 0.2) is 0 Å². The van der Waals surface area contributed by atoms with Gasteiger partial charge in [0.25, 0.3) is 0 Å². The maximum absolute atomic E-state index is 6.80. The Kier molecular flexibility index (Phi) is 11.0. The molecular weight excluding hydrogens is 813 g/mol. The second-order valence-electron chi connectivity index (χ2n) is 17.6. The van der Waals surface area contributed by atoms with Crippen LogP contribution in [0.4, 0.5) is 22.7 Å². The molecule has 0 fully saturated rings. The van der Waals surface area contributed by atoms with Crippen molar-refractivity contribution in [3.63, 3.8) is 0 Å². The van der Waals surface area contributed by atoms with Crippen LogP contribution < -0.4 is 14.5 Å². The van der Waals surface area contributed by atoms with Crippen molar-refractivity contribution in [3.8, 4) is 33.8 Å². The van der Waals surface area contributed by atoms with E-state index in [4.69, 9.17) is 4.74 Å². The lowest BCUT2D eigenvalue weighted by atomic mass is 9.66. The van der Waals surface area contributed by atoms with Crippen molar-refractivity contribution in [1.82, 2.24) is 0 Å². The predicted molar refractivity (Wildman–Crippen MR) is 282 cm³/mol.